The van der Waals surface area contributed by atoms with E-state index in [0.29, 0.717) is 18.1 Å². The van der Waals surface area contributed by atoms with Crippen molar-refractivity contribution in [3.05, 3.63) is 42.2 Å². The number of anilines is 1. The molecule has 0 radical (unpaired) electrons. The number of amides is 3. The fourth-order valence-corrected chi connectivity index (χ4v) is 6.17. The molecule has 2 aliphatic heterocycles. The number of para-hydroxylation sites is 1. The van der Waals surface area contributed by atoms with Crippen LogP contribution in [0, 0.1) is 6.92 Å². The Bertz CT molecular complexity index is 1640. The molecule has 1 aromatic carbocycles. The second-order valence-electron chi connectivity index (χ2n) is 14.1. The van der Waals surface area contributed by atoms with E-state index in [1.165, 1.54) is 14.7 Å². The Hall–Kier alpha value is -4.23. The van der Waals surface area contributed by atoms with Crippen LogP contribution in [-0.4, -0.2) is 110 Å². The molecule has 254 valence electrons. The van der Waals surface area contributed by atoms with E-state index >= 15 is 0 Å². The molecule has 0 unspecified atom stereocenters. The Balaban J connectivity index is 1.70. The third kappa shape index (κ3) is 7.51. The van der Waals surface area contributed by atoms with Gasteiger partial charge in [0.1, 0.15) is 28.9 Å². The molecule has 4 heterocycles. The van der Waals surface area contributed by atoms with Gasteiger partial charge in [-0.2, -0.15) is 0 Å². The zero-order valence-corrected chi connectivity index (χ0v) is 28.5. The Labute approximate surface area is 275 Å². The summed E-state index contributed by atoms with van der Waals surface area (Å²) < 4.78 is 19.7. The standard InChI is InChI=1S/C34H46N6O7/c1-21-35-26-13-9-11-24-25-12-10-14-28(36-25)40(32(44)47-34(5,6)7)22-17-27(39(18-22)31(43)46-33(2,3)4)30(42)37(8)19-23(45-16-15-41)20-38(21)29(24)26/h9-14,22-23,27,41H,15-20H2,1-8H3/t22-,23+,27-/m0/s1. The minimum atomic E-state index is -0.935. The fourth-order valence-electron chi connectivity index (χ4n) is 6.17. The average molecular weight is 651 g/mol. The number of ether oxygens (including phenoxy) is 3. The van der Waals surface area contributed by atoms with Crippen molar-refractivity contribution < 1.29 is 33.7 Å². The van der Waals surface area contributed by atoms with Crippen LogP contribution in [0.5, 0.6) is 0 Å². The predicted octanol–water partition coefficient (Wildman–Crippen LogP) is 4.38. The van der Waals surface area contributed by atoms with E-state index in [9.17, 15) is 19.5 Å². The number of hydrogen-bond acceptors (Lipinski definition) is 9. The molecule has 47 heavy (non-hydrogen) atoms. The summed E-state index contributed by atoms with van der Waals surface area (Å²) in [6, 6.07) is 9.63. The maximum Gasteiger partial charge on any atom is 0.416 e. The van der Waals surface area contributed by atoms with Crippen molar-refractivity contribution in [2.75, 3.05) is 38.3 Å². The van der Waals surface area contributed by atoms with E-state index in [1.54, 1.807) is 54.7 Å². The van der Waals surface area contributed by atoms with Crippen molar-refractivity contribution >= 4 is 34.9 Å². The first-order valence-electron chi connectivity index (χ1n) is 16.0. The van der Waals surface area contributed by atoms with Gasteiger partial charge in [-0.05, 0) is 73.1 Å². The van der Waals surface area contributed by atoms with Crippen molar-refractivity contribution in [1.29, 1.82) is 0 Å². The van der Waals surface area contributed by atoms with Crippen LogP contribution in [0.4, 0.5) is 15.4 Å². The highest BCUT2D eigenvalue weighted by Gasteiger charge is 2.47. The Kier molecular flexibility index (Phi) is 9.52. The number of carbonyl (C=O) groups excluding carboxylic acids is 3. The van der Waals surface area contributed by atoms with E-state index in [2.05, 4.69) is 0 Å². The highest BCUT2D eigenvalue weighted by molar-refractivity contribution is 5.94. The first-order valence-corrected chi connectivity index (χ1v) is 16.0. The lowest BCUT2D eigenvalue weighted by atomic mass is 10.1. The number of likely N-dealkylation sites (N-methyl/N-ethyl adjacent to an activating group) is 1. The number of pyridine rings is 1. The molecule has 3 aromatic rings. The molecule has 0 spiro atoms. The third-order valence-corrected chi connectivity index (χ3v) is 8.05. The number of hydrogen-bond donors (Lipinski definition) is 1. The average Bonchev–Trinajstić information content (AvgIpc) is 3.54. The topological polar surface area (TPSA) is 140 Å². The van der Waals surface area contributed by atoms with Crippen LogP contribution in [0.25, 0.3) is 22.3 Å². The van der Waals surface area contributed by atoms with Crippen LogP contribution in [0.3, 0.4) is 0 Å². The van der Waals surface area contributed by atoms with Crippen LogP contribution in [-0.2, 0) is 25.5 Å². The molecule has 13 nitrogen and oxygen atoms in total. The summed E-state index contributed by atoms with van der Waals surface area (Å²) in [7, 11) is 1.66. The smallest absolute Gasteiger partial charge is 0.416 e. The number of nitrogens with zero attached hydrogens (tertiary/aromatic N) is 6. The van der Waals surface area contributed by atoms with Crippen LogP contribution >= 0.6 is 0 Å². The number of carbonyl (C=O) groups is 3. The fraction of sp³-hybridized carbons (Fsp3) is 0.559. The van der Waals surface area contributed by atoms with Crippen molar-refractivity contribution in [2.45, 2.75) is 90.8 Å². The van der Waals surface area contributed by atoms with Crippen LogP contribution in [0.1, 0.15) is 53.8 Å². The number of rotatable bonds is 3. The van der Waals surface area contributed by atoms with Crippen molar-refractivity contribution in [2.24, 2.45) is 0 Å². The first-order chi connectivity index (χ1) is 22.1. The summed E-state index contributed by atoms with van der Waals surface area (Å²) in [4.78, 5) is 56.0. The lowest BCUT2D eigenvalue weighted by Gasteiger charge is -2.32. The van der Waals surface area contributed by atoms with E-state index in [1.807, 2.05) is 41.8 Å². The molecule has 4 bridgehead atoms. The van der Waals surface area contributed by atoms with E-state index < -0.39 is 41.6 Å². The van der Waals surface area contributed by atoms with Gasteiger partial charge in [0.25, 0.3) is 0 Å². The molecule has 1 fully saturated rings. The number of fused-ring (bicyclic) bond motifs is 5. The molecule has 0 saturated carbocycles. The summed E-state index contributed by atoms with van der Waals surface area (Å²) in [6.07, 6.45) is -1.68. The number of aliphatic hydroxyl groups is 1. The minimum absolute atomic E-state index is 0.0241. The molecule has 1 N–H and O–H groups in total. The zero-order valence-electron chi connectivity index (χ0n) is 28.5. The van der Waals surface area contributed by atoms with Crippen molar-refractivity contribution in [3.8, 4) is 11.3 Å². The first kappa shape index (κ1) is 34.1. The summed E-state index contributed by atoms with van der Waals surface area (Å²) in [5.41, 5.74) is 1.38. The second kappa shape index (κ2) is 13.1. The van der Waals surface area contributed by atoms with Gasteiger partial charge in [0.05, 0.1) is 48.6 Å². The van der Waals surface area contributed by atoms with Crippen LogP contribution in [0.2, 0.25) is 0 Å². The highest BCUT2D eigenvalue weighted by atomic mass is 16.6. The molecule has 2 aliphatic rings. The van der Waals surface area contributed by atoms with Gasteiger partial charge in [0.15, 0.2) is 0 Å². The lowest BCUT2D eigenvalue weighted by Crippen LogP contribution is -2.50. The largest absolute Gasteiger partial charge is 0.444 e. The van der Waals surface area contributed by atoms with Crippen molar-refractivity contribution in [3.63, 3.8) is 0 Å². The molecule has 13 heteroatoms. The van der Waals surface area contributed by atoms with Crippen LogP contribution < -0.4 is 4.90 Å². The van der Waals surface area contributed by atoms with Gasteiger partial charge >= 0.3 is 12.2 Å². The summed E-state index contributed by atoms with van der Waals surface area (Å²) in [5, 5.41) is 9.61. The van der Waals surface area contributed by atoms with Gasteiger partial charge in [-0.15, -0.1) is 0 Å². The molecular formula is C34H46N6O7. The molecule has 3 amide bonds. The highest BCUT2D eigenvalue weighted by Crippen LogP contribution is 2.34. The molecule has 1 saturated heterocycles. The number of aromatic nitrogens is 3. The molecule has 0 aliphatic carbocycles. The molecular weight excluding hydrogens is 604 g/mol. The zero-order chi connectivity index (χ0) is 34.3. The second-order valence-corrected chi connectivity index (χ2v) is 14.1. The summed E-state index contributed by atoms with van der Waals surface area (Å²) in [6.45, 7) is 13.0. The quantitative estimate of drug-likeness (QED) is 0.438. The predicted molar refractivity (Wildman–Crippen MR) is 176 cm³/mol. The summed E-state index contributed by atoms with van der Waals surface area (Å²) >= 11 is 0. The van der Waals surface area contributed by atoms with E-state index in [4.69, 9.17) is 24.2 Å². The van der Waals surface area contributed by atoms with Gasteiger partial charge in [-0.25, -0.2) is 19.6 Å². The van der Waals surface area contributed by atoms with E-state index in [0.717, 1.165) is 22.4 Å². The van der Waals surface area contributed by atoms with Gasteiger partial charge in [-0.1, -0.05) is 18.2 Å². The number of aliphatic hydroxyl groups excluding tert-OH is 1. The van der Waals surface area contributed by atoms with Gasteiger partial charge in [0.2, 0.25) is 5.91 Å². The number of imidazole rings is 1. The number of benzene rings is 1. The number of likely N-dealkylation sites (tertiary alicyclic amines) is 1. The maximum atomic E-state index is 14.2. The normalized spacial score (nSPS) is 20.7. The Morgan fingerprint density at radius 1 is 0.936 bits per heavy atom. The maximum absolute atomic E-state index is 14.2. The SMILES string of the molecule is Cc1nc2cccc3c2n1C[C@H](OCCO)CN(C)C(=O)[C@@H]1C[C@@H](CN1C(=O)OC(C)(C)C)N(C(=O)OC(C)(C)C)c1cccc-3n1. The monoisotopic (exact) mass is 650 g/mol. The Morgan fingerprint density at radius 3 is 2.30 bits per heavy atom. The van der Waals surface area contributed by atoms with Gasteiger partial charge < -0.3 is 28.8 Å². The molecule has 3 atom stereocenters. The van der Waals surface area contributed by atoms with Gasteiger partial charge in [-0.3, -0.25) is 14.6 Å². The minimum Gasteiger partial charge on any atom is -0.444 e. The van der Waals surface area contributed by atoms with E-state index in [-0.39, 0.29) is 38.6 Å². The summed E-state index contributed by atoms with van der Waals surface area (Å²) in [5.74, 6) is 0.737. The Morgan fingerprint density at radius 2 is 1.62 bits per heavy atom. The van der Waals surface area contributed by atoms with Crippen molar-refractivity contribution in [1.82, 2.24) is 24.3 Å². The third-order valence-electron chi connectivity index (χ3n) is 8.05. The van der Waals surface area contributed by atoms with Crippen LogP contribution in [0.15, 0.2) is 36.4 Å². The number of aryl methyl sites for hydroxylation is 1. The lowest BCUT2D eigenvalue weighted by molar-refractivity contribution is -0.136. The molecule has 5 rings (SSSR count). The van der Waals surface area contributed by atoms with Gasteiger partial charge in [0, 0.05) is 25.7 Å². The molecule has 2 aromatic heterocycles.